The van der Waals surface area contributed by atoms with Crippen LogP contribution in [0.4, 0.5) is 0 Å². The lowest BCUT2D eigenvalue weighted by Gasteiger charge is -2.25. The number of nitrogens with zero attached hydrogens (tertiary/aromatic N) is 1. The van der Waals surface area contributed by atoms with Crippen molar-refractivity contribution in [1.29, 1.82) is 0 Å². The van der Waals surface area contributed by atoms with Crippen molar-refractivity contribution in [3.8, 4) is 0 Å². The molecule has 1 unspecified atom stereocenters. The lowest BCUT2D eigenvalue weighted by Crippen LogP contribution is -2.43. The van der Waals surface area contributed by atoms with Gasteiger partial charge < -0.3 is 15.0 Å². The molecular weight excluding hydrogens is 216 g/mol. The molecule has 1 atom stereocenters. The predicted octanol–water partition coefficient (Wildman–Crippen LogP) is 1.40. The van der Waals surface area contributed by atoms with E-state index in [1.807, 2.05) is 18.7 Å². The summed E-state index contributed by atoms with van der Waals surface area (Å²) in [6, 6.07) is 0.476. The maximum atomic E-state index is 12.0. The Bertz CT molecular complexity index is 225. The molecule has 1 N–H and O–H groups in total. The highest BCUT2D eigenvalue weighted by atomic mass is 16.5. The number of carbonyl (C=O) groups excluding carboxylic acids is 1. The Kier molecular flexibility index (Phi) is 6.52. The molecule has 4 nitrogen and oxygen atoms in total. The first kappa shape index (κ1) is 14.5. The lowest BCUT2D eigenvalue weighted by atomic mass is 10.2. The Morgan fingerprint density at radius 3 is 2.82 bits per heavy atom. The first-order chi connectivity index (χ1) is 8.13. The van der Waals surface area contributed by atoms with E-state index >= 15 is 0 Å². The van der Waals surface area contributed by atoms with Gasteiger partial charge in [0.05, 0.1) is 6.10 Å². The summed E-state index contributed by atoms with van der Waals surface area (Å²) in [5.41, 5.74) is 0. The van der Waals surface area contributed by atoms with E-state index in [2.05, 4.69) is 12.2 Å². The van der Waals surface area contributed by atoms with Crippen LogP contribution in [0.3, 0.4) is 0 Å². The lowest BCUT2D eigenvalue weighted by molar-refractivity contribution is -0.138. The molecular formula is C13H26N2O2. The first-order valence-electron chi connectivity index (χ1n) is 6.76. The summed E-state index contributed by atoms with van der Waals surface area (Å²) in [6.07, 6.45) is 3.52. The maximum Gasteiger partial charge on any atom is 0.248 e. The Balaban J connectivity index is 2.37. The van der Waals surface area contributed by atoms with Crippen molar-refractivity contribution in [3.05, 3.63) is 0 Å². The summed E-state index contributed by atoms with van der Waals surface area (Å²) >= 11 is 0. The number of hydrogen-bond acceptors (Lipinski definition) is 3. The third-order valence-corrected chi connectivity index (χ3v) is 2.99. The van der Waals surface area contributed by atoms with Gasteiger partial charge in [0.1, 0.15) is 6.61 Å². The minimum Gasteiger partial charge on any atom is -0.369 e. The van der Waals surface area contributed by atoms with Crippen LogP contribution in [0.5, 0.6) is 0 Å². The molecule has 4 heteroatoms. The molecule has 0 spiro atoms. The molecule has 0 saturated carbocycles. The van der Waals surface area contributed by atoms with E-state index in [0.29, 0.717) is 6.04 Å². The molecule has 0 aromatic rings. The monoisotopic (exact) mass is 242 g/mol. The predicted molar refractivity (Wildman–Crippen MR) is 69.0 cm³/mol. The quantitative estimate of drug-likeness (QED) is 0.734. The summed E-state index contributed by atoms with van der Waals surface area (Å²) < 4.78 is 5.38. The molecule has 1 aliphatic heterocycles. The largest absolute Gasteiger partial charge is 0.369 e. The fourth-order valence-electron chi connectivity index (χ4n) is 2.10. The average Bonchev–Trinajstić information content (AvgIpc) is 2.78. The van der Waals surface area contributed by atoms with E-state index in [4.69, 9.17) is 4.74 Å². The fourth-order valence-corrected chi connectivity index (χ4v) is 2.10. The van der Waals surface area contributed by atoms with Gasteiger partial charge in [-0.15, -0.1) is 0 Å². The molecule has 0 bridgehead atoms. The molecule has 1 heterocycles. The second-order valence-corrected chi connectivity index (χ2v) is 4.99. The van der Waals surface area contributed by atoms with Gasteiger partial charge in [-0.05, 0) is 39.7 Å². The minimum atomic E-state index is 0.118. The number of carbonyl (C=O) groups is 1. The van der Waals surface area contributed by atoms with Gasteiger partial charge in [-0.1, -0.05) is 6.92 Å². The number of rotatable bonds is 7. The molecule has 0 radical (unpaired) electrons. The van der Waals surface area contributed by atoms with Gasteiger partial charge in [0.15, 0.2) is 0 Å². The summed E-state index contributed by atoms with van der Waals surface area (Å²) in [7, 11) is 0. The Hall–Kier alpha value is -0.610. The Labute approximate surface area is 105 Å². The van der Waals surface area contributed by atoms with Crippen LogP contribution < -0.4 is 5.32 Å². The molecule has 1 fully saturated rings. The molecule has 100 valence electrons. The van der Waals surface area contributed by atoms with E-state index in [0.717, 1.165) is 26.1 Å². The molecule has 1 amide bonds. The van der Waals surface area contributed by atoms with Crippen LogP contribution in [-0.2, 0) is 9.53 Å². The fraction of sp³-hybridized carbons (Fsp3) is 0.923. The van der Waals surface area contributed by atoms with Gasteiger partial charge in [-0.25, -0.2) is 0 Å². The van der Waals surface area contributed by atoms with E-state index in [1.54, 1.807) is 0 Å². The highest BCUT2D eigenvalue weighted by Gasteiger charge is 2.21. The SMILES string of the molecule is CCCN(CC1CCCN1)C(=O)COC(C)C. The van der Waals surface area contributed by atoms with Crippen molar-refractivity contribution in [1.82, 2.24) is 10.2 Å². The second-order valence-electron chi connectivity index (χ2n) is 4.99. The molecule has 0 aromatic carbocycles. The van der Waals surface area contributed by atoms with E-state index in [9.17, 15) is 4.79 Å². The third kappa shape index (κ3) is 5.50. The van der Waals surface area contributed by atoms with Crippen LogP contribution in [0.15, 0.2) is 0 Å². The van der Waals surface area contributed by atoms with Gasteiger partial charge >= 0.3 is 0 Å². The Morgan fingerprint density at radius 1 is 1.53 bits per heavy atom. The number of amides is 1. The van der Waals surface area contributed by atoms with Gasteiger partial charge in [0.2, 0.25) is 5.91 Å². The standard InChI is InChI=1S/C13H26N2O2/c1-4-8-15(9-12-6-5-7-14-12)13(16)10-17-11(2)3/h11-12,14H,4-10H2,1-3H3. The number of ether oxygens (including phenoxy) is 1. The molecule has 0 aliphatic carbocycles. The van der Waals surface area contributed by atoms with Gasteiger partial charge in [-0.3, -0.25) is 4.79 Å². The first-order valence-corrected chi connectivity index (χ1v) is 6.76. The van der Waals surface area contributed by atoms with Crippen molar-refractivity contribution >= 4 is 5.91 Å². The number of hydrogen-bond donors (Lipinski definition) is 1. The zero-order valence-corrected chi connectivity index (χ0v) is 11.4. The summed E-state index contributed by atoms with van der Waals surface area (Å²) in [5, 5.41) is 3.43. The van der Waals surface area contributed by atoms with E-state index in [1.165, 1.54) is 12.8 Å². The van der Waals surface area contributed by atoms with Crippen LogP contribution in [0, 0.1) is 0 Å². The molecule has 1 rings (SSSR count). The maximum absolute atomic E-state index is 12.0. The van der Waals surface area contributed by atoms with Crippen LogP contribution in [0.25, 0.3) is 0 Å². The second kappa shape index (κ2) is 7.67. The average molecular weight is 242 g/mol. The van der Waals surface area contributed by atoms with Gasteiger partial charge in [0.25, 0.3) is 0 Å². The molecule has 1 saturated heterocycles. The summed E-state index contributed by atoms with van der Waals surface area (Å²) in [6.45, 7) is 8.97. The van der Waals surface area contributed by atoms with Crippen LogP contribution in [-0.4, -0.2) is 49.2 Å². The number of nitrogens with one attached hydrogen (secondary N) is 1. The Morgan fingerprint density at radius 2 is 2.29 bits per heavy atom. The summed E-state index contributed by atoms with van der Waals surface area (Å²) in [4.78, 5) is 13.9. The van der Waals surface area contributed by atoms with Crippen LogP contribution in [0.1, 0.15) is 40.0 Å². The van der Waals surface area contributed by atoms with Crippen molar-refractivity contribution in [3.63, 3.8) is 0 Å². The smallest absolute Gasteiger partial charge is 0.248 e. The van der Waals surface area contributed by atoms with Crippen LogP contribution in [0.2, 0.25) is 0 Å². The molecule has 0 aromatic heterocycles. The van der Waals surface area contributed by atoms with Gasteiger partial charge in [0, 0.05) is 19.1 Å². The highest BCUT2D eigenvalue weighted by molar-refractivity contribution is 5.77. The summed E-state index contributed by atoms with van der Waals surface area (Å²) in [5.74, 6) is 0.120. The van der Waals surface area contributed by atoms with Crippen molar-refractivity contribution in [2.75, 3.05) is 26.2 Å². The zero-order valence-electron chi connectivity index (χ0n) is 11.4. The topological polar surface area (TPSA) is 41.6 Å². The third-order valence-electron chi connectivity index (χ3n) is 2.99. The zero-order chi connectivity index (χ0) is 12.7. The van der Waals surface area contributed by atoms with Crippen LogP contribution >= 0.6 is 0 Å². The minimum absolute atomic E-state index is 0.118. The van der Waals surface area contributed by atoms with E-state index < -0.39 is 0 Å². The normalized spacial score (nSPS) is 19.9. The molecule has 17 heavy (non-hydrogen) atoms. The highest BCUT2D eigenvalue weighted by Crippen LogP contribution is 2.08. The molecule has 1 aliphatic rings. The van der Waals surface area contributed by atoms with Gasteiger partial charge in [-0.2, -0.15) is 0 Å². The van der Waals surface area contributed by atoms with Crippen molar-refractivity contribution in [2.24, 2.45) is 0 Å². The van der Waals surface area contributed by atoms with E-state index in [-0.39, 0.29) is 18.6 Å². The van der Waals surface area contributed by atoms with Crippen molar-refractivity contribution < 1.29 is 9.53 Å². The van der Waals surface area contributed by atoms with Crippen molar-refractivity contribution in [2.45, 2.75) is 52.2 Å².